The zero-order valence-electron chi connectivity index (χ0n) is 19.3. The summed E-state index contributed by atoms with van der Waals surface area (Å²) in [5, 5.41) is 6.61. The second-order valence-electron chi connectivity index (χ2n) is 7.84. The lowest BCUT2D eigenvalue weighted by Crippen LogP contribution is -2.46. The van der Waals surface area contributed by atoms with Crippen LogP contribution in [0.3, 0.4) is 0 Å². The number of nitrogens with one attached hydrogen (secondary N) is 2. The van der Waals surface area contributed by atoms with E-state index in [9.17, 15) is 4.39 Å². The van der Waals surface area contributed by atoms with Crippen LogP contribution in [-0.4, -0.2) is 48.7 Å². The molecule has 1 aliphatic rings. The van der Waals surface area contributed by atoms with Gasteiger partial charge in [0.05, 0.1) is 18.8 Å². The highest BCUT2D eigenvalue weighted by molar-refractivity contribution is 14.0. The lowest BCUT2D eigenvalue weighted by Gasteiger charge is -2.36. The number of aliphatic imine (C=N–C) groups is 1. The molecule has 2 aromatic heterocycles. The van der Waals surface area contributed by atoms with Gasteiger partial charge in [-0.15, -0.1) is 24.0 Å². The van der Waals surface area contributed by atoms with E-state index in [4.69, 9.17) is 4.99 Å². The smallest absolute Gasteiger partial charge is 0.191 e. The summed E-state index contributed by atoms with van der Waals surface area (Å²) < 4.78 is 13.2. The third-order valence-electron chi connectivity index (χ3n) is 5.53. The van der Waals surface area contributed by atoms with Gasteiger partial charge >= 0.3 is 0 Å². The number of pyridine rings is 2. The molecule has 0 amide bonds. The standard InChI is InChI=1S/C25H30FN7.HI/c1-2-27-25(31-19-22-5-3-4-11-28-22)30-18-20-10-12-29-24(17-20)33-15-13-32(14-16-33)23-8-6-21(26)7-9-23;/h3-12,17H,2,13-16,18-19H2,1H3,(H2,27,30,31);1H. The van der Waals surface area contributed by atoms with Crippen molar-refractivity contribution < 1.29 is 4.39 Å². The molecule has 1 fully saturated rings. The second-order valence-corrected chi connectivity index (χ2v) is 7.84. The molecule has 1 aliphatic heterocycles. The summed E-state index contributed by atoms with van der Waals surface area (Å²) in [4.78, 5) is 18.2. The maximum Gasteiger partial charge on any atom is 0.191 e. The highest BCUT2D eigenvalue weighted by Gasteiger charge is 2.18. The maximum atomic E-state index is 13.2. The number of halogens is 2. The quantitative estimate of drug-likeness (QED) is 0.254. The zero-order chi connectivity index (χ0) is 22.9. The summed E-state index contributed by atoms with van der Waals surface area (Å²) in [6, 6.07) is 16.7. The second kappa shape index (κ2) is 13.1. The first-order valence-electron chi connectivity index (χ1n) is 11.3. The van der Waals surface area contributed by atoms with Gasteiger partial charge in [0, 0.05) is 50.8 Å². The Labute approximate surface area is 217 Å². The molecule has 4 rings (SSSR count). The molecule has 0 aliphatic carbocycles. The summed E-state index contributed by atoms with van der Waals surface area (Å²) >= 11 is 0. The Hall–Kier alpha value is -2.95. The van der Waals surface area contributed by atoms with E-state index in [0.717, 1.165) is 61.4 Å². The Morgan fingerprint density at radius 3 is 2.41 bits per heavy atom. The predicted octanol–water partition coefficient (Wildman–Crippen LogP) is 3.82. The topological polar surface area (TPSA) is 68.7 Å². The Balaban J connectivity index is 0.00000324. The first-order chi connectivity index (χ1) is 16.2. The third-order valence-corrected chi connectivity index (χ3v) is 5.53. The highest BCUT2D eigenvalue weighted by atomic mass is 127. The van der Waals surface area contributed by atoms with Gasteiger partial charge in [0.15, 0.2) is 5.96 Å². The van der Waals surface area contributed by atoms with Gasteiger partial charge in [-0.05, 0) is 61.0 Å². The van der Waals surface area contributed by atoms with Crippen molar-refractivity contribution in [2.24, 2.45) is 4.99 Å². The van der Waals surface area contributed by atoms with Crippen LogP contribution in [0, 0.1) is 5.82 Å². The lowest BCUT2D eigenvalue weighted by atomic mass is 10.2. The molecule has 0 spiro atoms. The van der Waals surface area contributed by atoms with Crippen LogP contribution in [0.2, 0.25) is 0 Å². The molecule has 7 nitrogen and oxygen atoms in total. The van der Waals surface area contributed by atoms with Gasteiger partial charge in [-0.25, -0.2) is 14.4 Å². The van der Waals surface area contributed by atoms with E-state index in [1.54, 1.807) is 6.20 Å². The van der Waals surface area contributed by atoms with Crippen LogP contribution in [-0.2, 0) is 13.1 Å². The van der Waals surface area contributed by atoms with Crippen molar-refractivity contribution in [3.63, 3.8) is 0 Å². The molecule has 1 aromatic carbocycles. The number of hydrogen-bond donors (Lipinski definition) is 2. The molecule has 3 heterocycles. The molecule has 2 N–H and O–H groups in total. The number of anilines is 2. The number of nitrogens with zero attached hydrogens (tertiary/aromatic N) is 5. The van der Waals surface area contributed by atoms with Crippen molar-refractivity contribution in [2.75, 3.05) is 42.5 Å². The molecule has 9 heteroatoms. The average Bonchev–Trinajstić information content (AvgIpc) is 2.87. The van der Waals surface area contributed by atoms with Crippen LogP contribution in [0.15, 0.2) is 72.0 Å². The number of piperazine rings is 1. The minimum absolute atomic E-state index is 0. The van der Waals surface area contributed by atoms with Crippen LogP contribution in [0.5, 0.6) is 0 Å². The summed E-state index contributed by atoms with van der Waals surface area (Å²) in [5.41, 5.74) is 3.13. The fourth-order valence-electron chi connectivity index (χ4n) is 3.77. The average molecular weight is 575 g/mol. The van der Waals surface area contributed by atoms with Crippen molar-refractivity contribution in [1.82, 2.24) is 20.6 Å². The molecule has 0 saturated carbocycles. The summed E-state index contributed by atoms with van der Waals surface area (Å²) in [5.74, 6) is 1.52. The molecule has 0 atom stereocenters. The van der Waals surface area contributed by atoms with Gasteiger partial charge in [0.2, 0.25) is 0 Å². The largest absolute Gasteiger partial charge is 0.368 e. The molecular formula is C25H31FIN7. The number of guanidine groups is 1. The Bertz CT molecular complexity index is 1040. The van der Waals surface area contributed by atoms with Crippen LogP contribution >= 0.6 is 24.0 Å². The SMILES string of the molecule is CCNC(=NCc1ccnc(N2CCN(c3ccc(F)cc3)CC2)c1)NCc1ccccn1.I. The number of benzene rings is 1. The van der Waals surface area contributed by atoms with Gasteiger partial charge in [-0.2, -0.15) is 0 Å². The minimum atomic E-state index is -0.203. The molecule has 0 bridgehead atoms. The first kappa shape index (κ1) is 25.7. The molecule has 34 heavy (non-hydrogen) atoms. The van der Waals surface area contributed by atoms with Crippen molar-refractivity contribution in [2.45, 2.75) is 20.0 Å². The van der Waals surface area contributed by atoms with E-state index in [1.807, 2.05) is 49.5 Å². The lowest BCUT2D eigenvalue weighted by molar-refractivity contribution is 0.624. The summed E-state index contributed by atoms with van der Waals surface area (Å²) in [6.45, 7) is 7.49. The molecule has 1 saturated heterocycles. The highest BCUT2D eigenvalue weighted by Crippen LogP contribution is 2.20. The predicted molar refractivity (Wildman–Crippen MR) is 146 cm³/mol. The fourth-order valence-corrected chi connectivity index (χ4v) is 3.77. The van der Waals surface area contributed by atoms with Gasteiger partial charge < -0.3 is 20.4 Å². The van der Waals surface area contributed by atoms with Crippen LogP contribution < -0.4 is 20.4 Å². The van der Waals surface area contributed by atoms with E-state index < -0.39 is 0 Å². The zero-order valence-corrected chi connectivity index (χ0v) is 21.7. The minimum Gasteiger partial charge on any atom is -0.368 e. The van der Waals surface area contributed by atoms with Crippen LogP contribution in [0.25, 0.3) is 0 Å². The third kappa shape index (κ3) is 7.28. The van der Waals surface area contributed by atoms with Crippen LogP contribution in [0.4, 0.5) is 15.9 Å². The van der Waals surface area contributed by atoms with Crippen molar-refractivity contribution in [3.8, 4) is 0 Å². The van der Waals surface area contributed by atoms with E-state index in [0.29, 0.717) is 13.1 Å². The maximum absolute atomic E-state index is 13.2. The molecule has 180 valence electrons. The molecular weight excluding hydrogens is 544 g/mol. The number of aromatic nitrogens is 2. The fraction of sp³-hybridized carbons (Fsp3) is 0.320. The van der Waals surface area contributed by atoms with E-state index in [2.05, 4.69) is 36.5 Å². The van der Waals surface area contributed by atoms with E-state index in [1.165, 1.54) is 12.1 Å². The normalized spacial score (nSPS) is 13.9. The Morgan fingerprint density at radius 1 is 0.941 bits per heavy atom. The Morgan fingerprint density at radius 2 is 1.71 bits per heavy atom. The van der Waals surface area contributed by atoms with Crippen molar-refractivity contribution in [1.29, 1.82) is 0 Å². The van der Waals surface area contributed by atoms with Gasteiger partial charge in [0.1, 0.15) is 11.6 Å². The first-order valence-corrected chi connectivity index (χ1v) is 11.3. The summed E-state index contributed by atoms with van der Waals surface area (Å²) in [7, 11) is 0. The number of hydrogen-bond acceptors (Lipinski definition) is 5. The molecule has 3 aromatic rings. The molecule has 0 radical (unpaired) electrons. The van der Waals surface area contributed by atoms with Gasteiger partial charge in [-0.3, -0.25) is 4.98 Å². The van der Waals surface area contributed by atoms with Gasteiger partial charge in [-0.1, -0.05) is 6.07 Å². The monoisotopic (exact) mass is 575 g/mol. The summed E-state index contributed by atoms with van der Waals surface area (Å²) in [6.07, 6.45) is 3.64. The van der Waals surface area contributed by atoms with Crippen molar-refractivity contribution in [3.05, 3.63) is 84.1 Å². The van der Waals surface area contributed by atoms with Gasteiger partial charge in [0.25, 0.3) is 0 Å². The van der Waals surface area contributed by atoms with Crippen molar-refractivity contribution >= 4 is 41.4 Å². The van der Waals surface area contributed by atoms with E-state index in [-0.39, 0.29) is 29.8 Å². The van der Waals surface area contributed by atoms with Crippen LogP contribution in [0.1, 0.15) is 18.2 Å². The van der Waals surface area contributed by atoms with E-state index >= 15 is 0 Å². The number of rotatable bonds is 7. The molecule has 0 unspecified atom stereocenters. The Kier molecular flexibility index (Phi) is 9.87.